The molecule has 8 heteroatoms. The SMILES string of the molecule is O=S(=O)(Nc1c(F)cc(Br)cc1F)c1cccc(Cl)c1. The van der Waals surface area contributed by atoms with Gasteiger partial charge in [-0.05, 0) is 30.3 Å². The van der Waals surface area contributed by atoms with Crippen molar-refractivity contribution in [2.75, 3.05) is 4.72 Å². The molecule has 0 bridgehead atoms. The lowest BCUT2D eigenvalue weighted by molar-refractivity contribution is 0.582. The van der Waals surface area contributed by atoms with Gasteiger partial charge in [-0.2, -0.15) is 0 Å². The molecule has 20 heavy (non-hydrogen) atoms. The summed E-state index contributed by atoms with van der Waals surface area (Å²) in [5.74, 6) is -2.05. The van der Waals surface area contributed by atoms with E-state index in [2.05, 4.69) is 15.9 Å². The highest BCUT2D eigenvalue weighted by molar-refractivity contribution is 9.10. The molecule has 0 spiro atoms. The molecule has 106 valence electrons. The molecule has 0 radical (unpaired) electrons. The molecule has 0 amide bonds. The molecule has 2 rings (SSSR count). The van der Waals surface area contributed by atoms with Crippen LogP contribution in [0.2, 0.25) is 5.02 Å². The number of nitrogens with one attached hydrogen (secondary N) is 1. The fourth-order valence-electron chi connectivity index (χ4n) is 1.47. The lowest BCUT2D eigenvalue weighted by atomic mass is 10.3. The van der Waals surface area contributed by atoms with E-state index in [-0.39, 0.29) is 14.4 Å². The minimum absolute atomic E-state index is 0.165. The van der Waals surface area contributed by atoms with Gasteiger partial charge in [-0.25, -0.2) is 17.2 Å². The lowest BCUT2D eigenvalue weighted by Crippen LogP contribution is -2.15. The molecule has 2 aromatic rings. The smallest absolute Gasteiger partial charge is 0.262 e. The van der Waals surface area contributed by atoms with Crippen LogP contribution in [0.1, 0.15) is 0 Å². The van der Waals surface area contributed by atoms with Crippen molar-refractivity contribution in [1.82, 2.24) is 0 Å². The standard InChI is InChI=1S/C12H7BrClF2NO2S/c13-7-4-10(15)12(11(16)5-7)17-20(18,19)9-3-1-2-8(14)6-9/h1-6,17H. The van der Waals surface area contributed by atoms with Crippen molar-refractivity contribution >= 4 is 43.2 Å². The van der Waals surface area contributed by atoms with Gasteiger partial charge in [-0.15, -0.1) is 0 Å². The molecule has 0 saturated heterocycles. The first-order chi connectivity index (χ1) is 9.29. The zero-order valence-corrected chi connectivity index (χ0v) is 12.9. The molecular formula is C12H7BrClF2NO2S. The highest BCUT2D eigenvalue weighted by atomic mass is 79.9. The number of hydrogen-bond acceptors (Lipinski definition) is 2. The van der Waals surface area contributed by atoms with E-state index < -0.39 is 27.3 Å². The largest absolute Gasteiger partial charge is 0.274 e. The molecule has 0 heterocycles. The number of rotatable bonds is 3. The summed E-state index contributed by atoms with van der Waals surface area (Å²) in [5, 5.41) is 0.199. The van der Waals surface area contributed by atoms with E-state index in [1.54, 1.807) is 0 Å². The van der Waals surface area contributed by atoms with Crippen LogP contribution in [0.5, 0.6) is 0 Å². The molecule has 0 aliphatic rings. The highest BCUT2D eigenvalue weighted by Gasteiger charge is 2.20. The predicted molar refractivity (Wildman–Crippen MR) is 76.3 cm³/mol. The van der Waals surface area contributed by atoms with Crippen LogP contribution in [0.15, 0.2) is 45.8 Å². The summed E-state index contributed by atoms with van der Waals surface area (Å²) in [7, 11) is -4.12. The molecule has 1 N–H and O–H groups in total. The van der Waals surface area contributed by atoms with Gasteiger partial charge in [0.25, 0.3) is 10.0 Å². The van der Waals surface area contributed by atoms with Crippen LogP contribution in [-0.4, -0.2) is 8.42 Å². The third-order valence-corrected chi connectivity index (χ3v) is 4.39. The Morgan fingerprint density at radius 1 is 1.10 bits per heavy atom. The molecule has 2 aromatic carbocycles. The van der Waals surface area contributed by atoms with Gasteiger partial charge in [-0.1, -0.05) is 33.6 Å². The summed E-state index contributed by atoms with van der Waals surface area (Å²) in [6.07, 6.45) is 0. The van der Waals surface area contributed by atoms with E-state index in [1.807, 2.05) is 4.72 Å². The molecule has 0 aliphatic carbocycles. The van der Waals surface area contributed by atoms with Crippen LogP contribution in [0.4, 0.5) is 14.5 Å². The van der Waals surface area contributed by atoms with E-state index in [1.165, 1.54) is 24.3 Å². The van der Waals surface area contributed by atoms with Crippen molar-refractivity contribution in [1.29, 1.82) is 0 Å². The van der Waals surface area contributed by atoms with Crippen molar-refractivity contribution in [2.45, 2.75) is 4.90 Å². The summed E-state index contributed by atoms with van der Waals surface area (Å²) < 4.78 is 53.3. The fourth-order valence-corrected chi connectivity index (χ4v) is 3.25. The zero-order valence-electron chi connectivity index (χ0n) is 9.70. The minimum atomic E-state index is -4.12. The van der Waals surface area contributed by atoms with E-state index >= 15 is 0 Å². The van der Waals surface area contributed by atoms with E-state index in [4.69, 9.17) is 11.6 Å². The average Bonchev–Trinajstić information content (AvgIpc) is 2.34. The maximum atomic E-state index is 13.6. The first kappa shape index (κ1) is 15.2. The van der Waals surface area contributed by atoms with Crippen molar-refractivity contribution in [3.8, 4) is 0 Å². The summed E-state index contributed by atoms with van der Waals surface area (Å²) in [4.78, 5) is -0.188. The van der Waals surface area contributed by atoms with Crippen LogP contribution >= 0.6 is 27.5 Å². The van der Waals surface area contributed by atoms with Crippen molar-refractivity contribution in [2.24, 2.45) is 0 Å². The third kappa shape index (κ3) is 3.28. The van der Waals surface area contributed by atoms with E-state index in [0.717, 1.165) is 12.1 Å². The fraction of sp³-hybridized carbons (Fsp3) is 0. The number of anilines is 1. The van der Waals surface area contributed by atoms with Gasteiger partial charge in [0.15, 0.2) is 11.6 Å². The van der Waals surface area contributed by atoms with Gasteiger partial charge >= 0.3 is 0 Å². The second kappa shape index (κ2) is 5.67. The Morgan fingerprint density at radius 3 is 2.25 bits per heavy atom. The Morgan fingerprint density at radius 2 is 1.70 bits per heavy atom. The Kier molecular flexibility index (Phi) is 4.31. The first-order valence-corrected chi connectivity index (χ1v) is 7.88. The maximum Gasteiger partial charge on any atom is 0.262 e. The lowest BCUT2D eigenvalue weighted by Gasteiger charge is -2.10. The third-order valence-electron chi connectivity index (χ3n) is 2.35. The van der Waals surface area contributed by atoms with Crippen molar-refractivity contribution in [3.63, 3.8) is 0 Å². The monoisotopic (exact) mass is 381 g/mol. The molecule has 0 saturated carbocycles. The van der Waals surface area contributed by atoms with Crippen LogP contribution in [0.25, 0.3) is 0 Å². The number of hydrogen-bond donors (Lipinski definition) is 1. The number of halogens is 4. The second-order valence-corrected chi connectivity index (χ2v) is 6.84. The van der Waals surface area contributed by atoms with Gasteiger partial charge in [0.05, 0.1) is 4.90 Å². The summed E-state index contributed by atoms with van der Waals surface area (Å²) in [6.45, 7) is 0. The molecular weight excluding hydrogens is 376 g/mol. The van der Waals surface area contributed by atoms with E-state index in [0.29, 0.717) is 0 Å². The second-order valence-electron chi connectivity index (χ2n) is 3.81. The average molecular weight is 383 g/mol. The summed E-state index contributed by atoms with van der Waals surface area (Å²) >= 11 is 8.60. The van der Waals surface area contributed by atoms with Gasteiger partial charge in [0, 0.05) is 9.50 Å². The molecule has 3 nitrogen and oxygen atoms in total. The highest BCUT2D eigenvalue weighted by Crippen LogP contribution is 2.26. The molecule has 0 aliphatic heterocycles. The molecule has 0 atom stereocenters. The van der Waals surface area contributed by atoms with Crippen LogP contribution in [-0.2, 0) is 10.0 Å². The van der Waals surface area contributed by atoms with Gasteiger partial charge in [-0.3, -0.25) is 4.72 Å². The number of sulfonamides is 1. The van der Waals surface area contributed by atoms with E-state index in [9.17, 15) is 17.2 Å². The Balaban J connectivity index is 2.44. The first-order valence-electron chi connectivity index (χ1n) is 5.22. The Hall–Kier alpha value is -1.18. The Bertz CT molecular complexity index is 745. The van der Waals surface area contributed by atoms with Crippen LogP contribution in [0.3, 0.4) is 0 Å². The van der Waals surface area contributed by atoms with Gasteiger partial charge in [0.1, 0.15) is 5.69 Å². The van der Waals surface area contributed by atoms with Crippen LogP contribution < -0.4 is 4.72 Å². The Labute approximate surface area is 127 Å². The minimum Gasteiger partial charge on any atom is -0.274 e. The predicted octanol–water partition coefficient (Wildman–Crippen LogP) is 4.18. The molecule has 0 aromatic heterocycles. The molecule has 0 fully saturated rings. The number of benzene rings is 2. The van der Waals surface area contributed by atoms with Crippen LogP contribution in [0, 0.1) is 11.6 Å². The summed E-state index contributed by atoms with van der Waals surface area (Å²) in [6, 6.07) is 7.27. The van der Waals surface area contributed by atoms with Gasteiger partial charge < -0.3 is 0 Å². The topological polar surface area (TPSA) is 46.2 Å². The normalized spacial score (nSPS) is 11.4. The van der Waals surface area contributed by atoms with Crippen molar-refractivity contribution < 1.29 is 17.2 Å². The maximum absolute atomic E-state index is 13.6. The molecule has 0 unspecified atom stereocenters. The zero-order chi connectivity index (χ0) is 14.9. The van der Waals surface area contributed by atoms with Crippen molar-refractivity contribution in [3.05, 3.63) is 57.5 Å². The summed E-state index contributed by atoms with van der Waals surface area (Å²) in [5.41, 5.74) is -0.742. The quantitative estimate of drug-likeness (QED) is 0.865. The van der Waals surface area contributed by atoms with Gasteiger partial charge in [0.2, 0.25) is 0 Å².